The number of carboxylic acid groups (broad SMARTS) is 1. The molecule has 0 aliphatic heterocycles. The van der Waals surface area contributed by atoms with Crippen LogP contribution in [0.15, 0.2) is 48.5 Å². The molecule has 0 aliphatic carbocycles. The van der Waals surface area contributed by atoms with Crippen LogP contribution in [-0.4, -0.2) is 22.8 Å². The maximum Gasteiger partial charge on any atom is 0.310 e. The van der Waals surface area contributed by atoms with Gasteiger partial charge in [-0.3, -0.25) is 4.79 Å². The third kappa shape index (κ3) is 3.71. The molecule has 0 aliphatic rings. The van der Waals surface area contributed by atoms with Crippen molar-refractivity contribution in [1.82, 2.24) is 0 Å². The maximum atomic E-state index is 11.1. The summed E-state index contributed by atoms with van der Waals surface area (Å²) in [5, 5.41) is 17.7. The van der Waals surface area contributed by atoms with E-state index < -0.39 is 11.9 Å². The van der Waals surface area contributed by atoms with Gasteiger partial charge in [0.2, 0.25) is 0 Å². The van der Waals surface area contributed by atoms with Crippen molar-refractivity contribution in [2.24, 2.45) is 0 Å². The molecule has 2 aromatic rings. The molecule has 0 bridgehead atoms. The minimum absolute atomic E-state index is 0.156. The lowest BCUT2D eigenvalue weighted by atomic mass is 9.96. The lowest BCUT2D eigenvalue weighted by Crippen LogP contribution is -2.07. The molecule has 3 nitrogen and oxygen atoms in total. The molecule has 3 heteroatoms. The first-order valence-corrected chi connectivity index (χ1v) is 6.64. The monoisotopic (exact) mass is 280 g/mol. The number of aliphatic hydroxyl groups excluding tert-OH is 1. The summed E-state index contributed by atoms with van der Waals surface area (Å²) in [6.07, 6.45) is 0. The second-order valence-corrected chi connectivity index (χ2v) is 4.72. The van der Waals surface area contributed by atoms with Crippen molar-refractivity contribution in [2.75, 3.05) is 6.61 Å². The topological polar surface area (TPSA) is 57.5 Å². The Hall–Kier alpha value is -2.57. The minimum atomic E-state index is -0.832. The lowest BCUT2D eigenvalue weighted by molar-refractivity contribution is -0.138. The van der Waals surface area contributed by atoms with Crippen molar-refractivity contribution in [3.05, 3.63) is 59.7 Å². The second-order valence-electron chi connectivity index (χ2n) is 4.72. The highest BCUT2D eigenvalue weighted by atomic mass is 16.4. The van der Waals surface area contributed by atoms with Crippen LogP contribution in [0.25, 0.3) is 11.1 Å². The first-order valence-electron chi connectivity index (χ1n) is 6.64. The minimum Gasteiger partial charge on any atom is -0.481 e. The molecule has 1 atom stereocenters. The molecule has 0 saturated carbocycles. The summed E-state index contributed by atoms with van der Waals surface area (Å²) in [5.74, 6) is 4.08. The van der Waals surface area contributed by atoms with Gasteiger partial charge in [0.25, 0.3) is 0 Å². The number of hydrogen-bond acceptors (Lipinski definition) is 2. The fourth-order valence-electron chi connectivity index (χ4n) is 2.02. The predicted molar refractivity (Wildman–Crippen MR) is 81.9 cm³/mol. The van der Waals surface area contributed by atoms with Crippen LogP contribution in [0.3, 0.4) is 0 Å². The van der Waals surface area contributed by atoms with Gasteiger partial charge in [0.15, 0.2) is 0 Å². The van der Waals surface area contributed by atoms with E-state index in [0.717, 1.165) is 22.3 Å². The van der Waals surface area contributed by atoms with Crippen LogP contribution >= 0.6 is 0 Å². The normalized spacial score (nSPS) is 11.3. The van der Waals surface area contributed by atoms with Crippen LogP contribution < -0.4 is 0 Å². The van der Waals surface area contributed by atoms with Crippen molar-refractivity contribution in [3.63, 3.8) is 0 Å². The fourth-order valence-corrected chi connectivity index (χ4v) is 2.02. The van der Waals surface area contributed by atoms with Gasteiger partial charge >= 0.3 is 5.97 Å². The molecule has 0 fully saturated rings. The van der Waals surface area contributed by atoms with Crippen LogP contribution in [0, 0.1) is 11.8 Å². The Kier molecular flexibility index (Phi) is 4.76. The lowest BCUT2D eigenvalue weighted by Gasteiger charge is -2.09. The zero-order valence-electron chi connectivity index (χ0n) is 11.7. The molecule has 2 rings (SSSR count). The number of carbonyl (C=O) groups is 1. The van der Waals surface area contributed by atoms with E-state index in [1.165, 1.54) is 0 Å². The van der Waals surface area contributed by atoms with E-state index in [1.807, 2.05) is 48.5 Å². The number of carboxylic acids is 1. The molecule has 1 unspecified atom stereocenters. The molecule has 0 saturated heterocycles. The molecule has 0 amide bonds. The third-order valence-corrected chi connectivity index (χ3v) is 3.29. The van der Waals surface area contributed by atoms with Crippen molar-refractivity contribution in [1.29, 1.82) is 0 Å². The summed E-state index contributed by atoms with van der Waals surface area (Å²) in [6, 6.07) is 15.2. The molecule has 21 heavy (non-hydrogen) atoms. The predicted octanol–water partition coefficient (Wildman–Crippen LogP) is 2.89. The second kappa shape index (κ2) is 6.74. The molecule has 106 valence electrons. The SMILES string of the molecule is CC(C(=O)O)c1cccc(-c2ccc(C#CCO)cc2)c1. The molecule has 2 N–H and O–H groups in total. The Morgan fingerprint density at radius 3 is 2.48 bits per heavy atom. The van der Waals surface area contributed by atoms with E-state index >= 15 is 0 Å². The van der Waals surface area contributed by atoms with E-state index in [9.17, 15) is 4.79 Å². The summed E-state index contributed by atoms with van der Waals surface area (Å²) in [4.78, 5) is 11.1. The average Bonchev–Trinajstić information content (AvgIpc) is 2.52. The number of rotatable bonds is 3. The summed E-state index contributed by atoms with van der Waals surface area (Å²) in [5.41, 5.74) is 3.60. The van der Waals surface area contributed by atoms with Crippen LogP contribution in [0.4, 0.5) is 0 Å². The Balaban J connectivity index is 2.30. The highest BCUT2D eigenvalue weighted by Gasteiger charge is 2.13. The van der Waals surface area contributed by atoms with Crippen LogP contribution in [0.2, 0.25) is 0 Å². The third-order valence-electron chi connectivity index (χ3n) is 3.29. The first kappa shape index (κ1) is 14.8. The Morgan fingerprint density at radius 2 is 1.86 bits per heavy atom. The quantitative estimate of drug-likeness (QED) is 0.850. The smallest absolute Gasteiger partial charge is 0.310 e. The van der Waals surface area contributed by atoms with E-state index in [0.29, 0.717) is 0 Å². The zero-order valence-corrected chi connectivity index (χ0v) is 11.7. The van der Waals surface area contributed by atoms with Gasteiger partial charge in [-0.15, -0.1) is 0 Å². The molecule has 0 radical (unpaired) electrons. The number of benzene rings is 2. The van der Waals surface area contributed by atoms with Crippen LogP contribution in [0.1, 0.15) is 24.0 Å². The van der Waals surface area contributed by atoms with Crippen LogP contribution in [0.5, 0.6) is 0 Å². The molecular formula is C18H16O3. The van der Waals surface area contributed by atoms with Gasteiger partial charge in [0, 0.05) is 5.56 Å². The summed E-state index contributed by atoms with van der Waals surface area (Å²) in [7, 11) is 0. The first-order chi connectivity index (χ1) is 10.1. The average molecular weight is 280 g/mol. The van der Waals surface area contributed by atoms with Gasteiger partial charge in [0.1, 0.15) is 6.61 Å². The van der Waals surface area contributed by atoms with Gasteiger partial charge < -0.3 is 10.2 Å². The molecule has 2 aromatic carbocycles. The van der Waals surface area contributed by atoms with Gasteiger partial charge in [0.05, 0.1) is 5.92 Å². The van der Waals surface area contributed by atoms with Gasteiger partial charge in [-0.25, -0.2) is 0 Å². The summed E-state index contributed by atoms with van der Waals surface area (Å²) >= 11 is 0. The Morgan fingerprint density at radius 1 is 1.14 bits per heavy atom. The summed E-state index contributed by atoms with van der Waals surface area (Å²) in [6.45, 7) is 1.52. The highest BCUT2D eigenvalue weighted by molar-refractivity contribution is 5.76. The van der Waals surface area contributed by atoms with Crippen molar-refractivity contribution in [2.45, 2.75) is 12.8 Å². The van der Waals surface area contributed by atoms with E-state index in [1.54, 1.807) is 6.92 Å². The Labute approximate surface area is 123 Å². The number of aliphatic carboxylic acids is 1. The van der Waals surface area contributed by atoms with E-state index in [-0.39, 0.29) is 6.61 Å². The largest absolute Gasteiger partial charge is 0.481 e. The van der Waals surface area contributed by atoms with E-state index in [4.69, 9.17) is 10.2 Å². The number of hydrogen-bond donors (Lipinski definition) is 2. The Bertz CT molecular complexity index is 690. The maximum absolute atomic E-state index is 11.1. The van der Waals surface area contributed by atoms with Gasteiger partial charge in [-0.2, -0.15) is 0 Å². The van der Waals surface area contributed by atoms with Gasteiger partial charge in [-0.05, 0) is 35.7 Å². The molecular weight excluding hydrogens is 264 g/mol. The molecule has 0 heterocycles. The van der Waals surface area contributed by atoms with E-state index in [2.05, 4.69) is 11.8 Å². The zero-order chi connectivity index (χ0) is 15.2. The highest BCUT2D eigenvalue weighted by Crippen LogP contribution is 2.24. The van der Waals surface area contributed by atoms with Crippen molar-refractivity contribution >= 4 is 5.97 Å². The molecule has 0 spiro atoms. The van der Waals surface area contributed by atoms with Crippen molar-refractivity contribution < 1.29 is 15.0 Å². The number of aliphatic hydroxyl groups is 1. The summed E-state index contributed by atoms with van der Waals surface area (Å²) < 4.78 is 0. The standard InChI is InChI=1S/C18H16O3/c1-13(18(20)21)16-5-2-6-17(12-16)15-9-7-14(8-10-15)4-3-11-19/h2,5-10,12-13,19H,11H2,1H3,(H,20,21). The van der Waals surface area contributed by atoms with Crippen LogP contribution in [-0.2, 0) is 4.79 Å². The van der Waals surface area contributed by atoms with Crippen molar-refractivity contribution in [3.8, 4) is 23.0 Å². The van der Waals surface area contributed by atoms with Gasteiger partial charge in [-0.1, -0.05) is 48.2 Å². The molecule has 0 aromatic heterocycles. The fraction of sp³-hybridized carbons (Fsp3) is 0.167.